The van der Waals surface area contributed by atoms with E-state index < -0.39 is 11.8 Å². The van der Waals surface area contributed by atoms with Gasteiger partial charge in [-0.3, -0.25) is 4.79 Å². The molecule has 1 unspecified atom stereocenters. The lowest BCUT2D eigenvalue weighted by Crippen LogP contribution is -2.43. The average molecular weight is 215 g/mol. The molecule has 2 N–H and O–H groups in total. The Morgan fingerprint density at radius 1 is 1.47 bits per heavy atom. The highest BCUT2D eigenvalue weighted by Gasteiger charge is 2.43. The van der Waals surface area contributed by atoms with Gasteiger partial charge < -0.3 is 5.32 Å². The molecular weight excluding hydrogens is 204 g/mol. The molecule has 1 atom stereocenters. The van der Waals surface area contributed by atoms with E-state index in [9.17, 15) is 13.6 Å². The summed E-state index contributed by atoms with van der Waals surface area (Å²) < 4.78 is 27.0. The number of nitrogens with zero attached hydrogens (tertiary/aromatic N) is 1. The quantitative estimate of drug-likeness (QED) is 0.716. The number of rotatable bonds is 1. The van der Waals surface area contributed by atoms with Crippen LogP contribution in [0.25, 0.3) is 0 Å². The Hall–Kier alpha value is -1.30. The van der Waals surface area contributed by atoms with E-state index in [0.717, 1.165) is 0 Å². The normalized spacial score (nSPS) is 25.1. The number of aromatic amines is 1. The molecule has 1 aromatic rings. The third-order valence-electron chi connectivity index (χ3n) is 2.55. The minimum atomic E-state index is -2.75. The molecule has 0 aromatic carbocycles. The predicted octanol–water partition coefficient (Wildman–Crippen LogP) is 0.482. The van der Waals surface area contributed by atoms with Gasteiger partial charge in [-0.25, -0.2) is 13.9 Å². The van der Waals surface area contributed by atoms with Crippen molar-refractivity contribution in [3.05, 3.63) is 28.2 Å². The maximum atomic E-state index is 13.5. The minimum Gasteiger partial charge on any atom is -0.316 e. The summed E-state index contributed by atoms with van der Waals surface area (Å²) in [6.45, 7) is 0.499. The number of hydrogen-bond donors (Lipinski definition) is 2. The van der Waals surface area contributed by atoms with Gasteiger partial charge in [-0.2, -0.15) is 5.10 Å². The molecule has 0 radical (unpaired) electrons. The van der Waals surface area contributed by atoms with Crippen LogP contribution in [0.2, 0.25) is 0 Å². The fourth-order valence-corrected chi connectivity index (χ4v) is 1.70. The van der Waals surface area contributed by atoms with Crippen molar-refractivity contribution in [1.29, 1.82) is 0 Å². The fourth-order valence-electron chi connectivity index (χ4n) is 1.70. The molecule has 0 amide bonds. The van der Waals surface area contributed by atoms with Crippen molar-refractivity contribution in [2.75, 3.05) is 13.1 Å². The van der Waals surface area contributed by atoms with Crippen LogP contribution in [-0.4, -0.2) is 29.2 Å². The predicted molar refractivity (Wildman–Crippen MR) is 50.0 cm³/mol. The van der Waals surface area contributed by atoms with Crippen LogP contribution in [-0.2, 0) is 0 Å². The monoisotopic (exact) mass is 215 g/mol. The van der Waals surface area contributed by atoms with E-state index in [1.165, 1.54) is 12.1 Å². The molecule has 2 rings (SSSR count). The second-order valence-corrected chi connectivity index (χ2v) is 3.61. The Morgan fingerprint density at radius 2 is 2.27 bits per heavy atom. The summed E-state index contributed by atoms with van der Waals surface area (Å²) in [6.07, 6.45) is -0.196. The molecule has 1 aliphatic rings. The first-order valence-corrected chi connectivity index (χ1v) is 4.74. The van der Waals surface area contributed by atoms with Crippen molar-refractivity contribution < 1.29 is 8.78 Å². The van der Waals surface area contributed by atoms with Crippen molar-refractivity contribution in [2.45, 2.75) is 18.3 Å². The number of H-pyrrole nitrogens is 1. The number of nitrogens with one attached hydrogen (secondary N) is 2. The van der Waals surface area contributed by atoms with E-state index in [-0.39, 0.29) is 24.2 Å². The number of alkyl halides is 2. The Bertz CT molecular complexity index is 384. The van der Waals surface area contributed by atoms with Crippen LogP contribution in [0.15, 0.2) is 16.9 Å². The molecule has 82 valence electrons. The Kier molecular flexibility index (Phi) is 2.52. The summed E-state index contributed by atoms with van der Waals surface area (Å²) in [6, 6.07) is 2.57. The summed E-state index contributed by atoms with van der Waals surface area (Å²) in [5.74, 6) is -3.71. The second kappa shape index (κ2) is 3.69. The second-order valence-electron chi connectivity index (χ2n) is 3.61. The average Bonchev–Trinajstić information content (AvgIpc) is 2.19. The number of aromatic nitrogens is 2. The van der Waals surface area contributed by atoms with Crippen LogP contribution >= 0.6 is 0 Å². The Morgan fingerprint density at radius 3 is 2.87 bits per heavy atom. The smallest absolute Gasteiger partial charge is 0.264 e. The summed E-state index contributed by atoms with van der Waals surface area (Å²) in [7, 11) is 0. The maximum Gasteiger partial charge on any atom is 0.264 e. The van der Waals surface area contributed by atoms with E-state index in [1.807, 2.05) is 0 Å². The maximum absolute atomic E-state index is 13.5. The number of hydrogen-bond acceptors (Lipinski definition) is 3. The van der Waals surface area contributed by atoms with Crippen LogP contribution in [0.5, 0.6) is 0 Å². The largest absolute Gasteiger partial charge is 0.316 e. The highest BCUT2D eigenvalue weighted by molar-refractivity contribution is 5.12. The van der Waals surface area contributed by atoms with Gasteiger partial charge in [-0.15, -0.1) is 0 Å². The zero-order chi connectivity index (χ0) is 10.9. The van der Waals surface area contributed by atoms with Gasteiger partial charge >= 0.3 is 0 Å². The first-order valence-electron chi connectivity index (χ1n) is 4.74. The van der Waals surface area contributed by atoms with Crippen LogP contribution in [0.1, 0.15) is 18.0 Å². The molecular formula is C9H11F2N3O. The molecule has 0 spiro atoms. The van der Waals surface area contributed by atoms with Crippen LogP contribution in [0.3, 0.4) is 0 Å². The highest BCUT2D eigenvalue weighted by Crippen LogP contribution is 2.36. The zero-order valence-corrected chi connectivity index (χ0v) is 7.96. The van der Waals surface area contributed by atoms with Crippen molar-refractivity contribution >= 4 is 0 Å². The molecule has 0 aliphatic carbocycles. The molecule has 1 aliphatic heterocycles. The van der Waals surface area contributed by atoms with E-state index in [1.54, 1.807) is 0 Å². The van der Waals surface area contributed by atoms with Crippen molar-refractivity contribution in [1.82, 2.24) is 15.5 Å². The Balaban J connectivity index is 2.28. The SMILES string of the molecule is O=c1ccc(C2CNCCC2(F)F)n[nH]1. The molecule has 15 heavy (non-hydrogen) atoms. The first kappa shape index (κ1) is 10.2. The highest BCUT2D eigenvalue weighted by atomic mass is 19.3. The van der Waals surface area contributed by atoms with Gasteiger partial charge in [-0.05, 0) is 6.07 Å². The molecule has 1 aromatic heterocycles. The first-order chi connectivity index (χ1) is 7.09. The standard InChI is InChI=1S/C9H11F2N3O/c10-9(11)3-4-12-5-6(9)7-1-2-8(15)14-13-7/h1-2,6,12H,3-5H2,(H,14,15). The van der Waals surface area contributed by atoms with Crippen LogP contribution in [0.4, 0.5) is 8.78 Å². The summed E-state index contributed by atoms with van der Waals surface area (Å²) in [4.78, 5) is 10.7. The van der Waals surface area contributed by atoms with Crippen molar-refractivity contribution in [3.8, 4) is 0 Å². The summed E-state index contributed by atoms with van der Waals surface area (Å²) in [5.41, 5.74) is -0.155. The summed E-state index contributed by atoms with van der Waals surface area (Å²) in [5, 5.41) is 8.70. The van der Waals surface area contributed by atoms with Crippen LogP contribution < -0.4 is 10.9 Å². The third kappa shape index (κ3) is 2.04. The van der Waals surface area contributed by atoms with E-state index in [2.05, 4.69) is 15.5 Å². The van der Waals surface area contributed by atoms with Crippen molar-refractivity contribution in [2.24, 2.45) is 0 Å². The number of halogens is 2. The van der Waals surface area contributed by atoms with Gasteiger partial charge in [0.1, 0.15) is 0 Å². The van der Waals surface area contributed by atoms with Gasteiger partial charge in [-0.1, -0.05) is 0 Å². The van der Waals surface area contributed by atoms with E-state index >= 15 is 0 Å². The molecule has 0 saturated carbocycles. The van der Waals surface area contributed by atoms with Gasteiger partial charge in [0.2, 0.25) is 0 Å². The van der Waals surface area contributed by atoms with Crippen LogP contribution in [0, 0.1) is 0 Å². The molecule has 2 heterocycles. The lowest BCUT2D eigenvalue weighted by atomic mass is 9.92. The third-order valence-corrected chi connectivity index (χ3v) is 2.55. The molecule has 0 bridgehead atoms. The van der Waals surface area contributed by atoms with Crippen molar-refractivity contribution in [3.63, 3.8) is 0 Å². The molecule has 4 nitrogen and oxygen atoms in total. The fraction of sp³-hybridized carbons (Fsp3) is 0.556. The minimum absolute atomic E-state index is 0.187. The topological polar surface area (TPSA) is 57.8 Å². The van der Waals surface area contributed by atoms with E-state index in [4.69, 9.17) is 0 Å². The molecule has 1 fully saturated rings. The summed E-state index contributed by atoms with van der Waals surface area (Å²) >= 11 is 0. The molecule has 6 heteroatoms. The van der Waals surface area contributed by atoms with Gasteiger partial charge in [0, 0.05) is 25.6 Å². The zero-order valence-electron chi connectivity index (χ0n) is 7.96. The number of piperidine rings is 1. The van der Waals surface area contributed by atoms with Gasteiger partial charge in [0.15, 0.2) is 0 Å². The van der Waals surface area contributed by atoms with E-state index in [0.29, 0.717) is 6.54 Å². The van der Waals surface area contributed by atoms with Gasteiger partial charge in [0.25, 0.3) is 11.5 Å². The van der Waals surface area contributed by atoms with Gasteiger partial charge in [0.05, 0.1) is 11.6 Å². The lowest BCUT2D eigenvalue weighted by Gasteiger charge is -2.31. The molecule has 1 saturated heterocycles. The lowest BCUT2D eigenvalue weighted by molar-refractivity contribution is -0.0493. The Labute approximate surface area is 84.7 Å².